The van der Waals surface area contributed by atoms with E-state index in [2.05, 4.69) is 0 Å². The van der Waals surface area contributed by atoms with Crippen molar-refractivity contribution >= 4 is 21.6 Å². The smallest absolute Gasteiger partial charge is 0.383 e. The van der Waals surface area contributed by atoms with Gasteiger partial charge in [0, 0.05) is 32.7 Å². The highest BCUT2D eigenvalue weighted by molar-refractivity contribution is 7.92. The van der Waals surface area contributed by atoms with Gasteiger partial charge in [0.15, 0.2) is 0 Å². The maximum absolute atomic E-state index is 13.6. The minimum Gasteiger partial charge on any atom is -0.383 e. The molecule has 0 bridgehead atoms. The normalized spacial score (nSPS) is 16.7. The molecule has 0 fully saturated rings. The number of hydrogen-bond acceptors (Lipinski definition) is 5. The Hall–Kier alpha value is -2.91. The van der Waals surface area contributed by atoms with Crippen molar-refractivity contribution in [1.82, 2.24) is 4.90 Å². The van der Waals surface area contributed by atoms with E-state index in [0.29, 0.717) is 12.1 Å². The van der Waals surface area contributed by atoms with Gasteiger partial charge < -0.3 is 14.7 Å². The molecule has 1 heterocycles. The fourth-order valence-corrected chi connectivity index (χ4v) is 6.01. The zero-order chi connectivity index (χ0) is 29.4. The summed E-state index contributed by atoms with van der Waals surface area (Å²) in [6.07, 6.45) is -13.0. The Morgan fingerprint density at radius 3 is 2.21 bits per heavy atom. The largest absolute Gasteiger partial charge is 0.430 e. The molecular formula is C24H25F7N2O5S. The van der Waals surface area contributed by atoms with Crippen LogP contribution in [0.25, 0.3) is 0 Å². The lowest BCUT2D eigenvalue weighted by molar-refractivity contribution is -0.376. The van der Waals surface area contributed by atoms with E-state index in [1.807, 2.05) is 0 Å². The number of anilines is 1. The van der Waals surface area contributed by atoms with E-state index in [1.165, 1.54) is 19.1 Å². The number of alkyl halides is 6. The number of nitrogens with zero attached hydrogens (tertiary/aromatic N) is 2. The minimum atomic E-state index is -6.13. The lowest BCUT2D eigenvalue weighted by atomic mass is 9.87. The van der Waals surface area contributed by atoms with Crippen LogP contribution in [0.1, 0.15) is 24.0 Å². The van der Waals surface area contributed by atoms with E-state index in [1.54, 1.807) is 0 Å². The summed E-state index contributed by atoms with van der Waals surface area (Å²) in [6.45, 7) is 0.373. The molecule has 0 unspecified atom stereocenters. The molecule has 0 aliphatic carbocycles. The number of halogens is 7. The third-order valence-electron chi connectivity index (χ3n) is 6.47. The molecule has 0 radical (unpaired) electrons. The molecule has 1 aliphatic rings. The topological polar surface area (TPSA) is 87.2 Å². The molecule has 1 aliphatic heterocycles. The number of methoxy groups -OCH3 is 1. The number of benzene rings is 2. The van der Waals surface area contributed by atoms with Gasteiger partial charge in [-0.3, -0.25) is 9.10 Å². The predicted octanol–water partition coefficient (Wildman–Crippen LogP) is 4.14. The first-order valence-electron chi connectivity index (χ1n) is 11.5. The zero-order valence-electron chi connectivity index (χ0n) is 20.7. The zero-order valence-corrected chi connectivity index (χ0v) is 21.5. The van der Waals surface area contributed by atoms with Gasteiger partial charge in [0.2, 0.25) is 5.91 Å². The van der Waals surface area contributed by atoms with Gasteiger partial charge in [-0.25, -0.2) is 12.8 Å². The summed E-state index contributed by atoms with van der Waals surface area (Å²) in [5, 5.41) is 9.81. The first-order valence-corrected chi connectivity index (χ1v) is 12.9. The quantitative estimate of drug-likeness (QED) is 0.470. The van der Waals surface area contributed by atoms with Gasteiger partial charge in [-0.15, -0.1) is 0 Å². The van der Waals surface area contributed by atoms with Crippen LogP contribution in [0.15, 0.2) is 47.4 Å². The lowest BCUT2D eigenvalue weighted by Gasteiger charge is -2.39. The highest BCUT2D eigenvalue weighted by atomic mass is 32.2. The van der Waals surface area contributed by atoms with Crippen molar-refractivity contribution < 1.29 is 53.8 Å². The Morgan fingerprint density at radius 2 is 1.67 bits per heavy atom. The Kier molecular flexibility index (Phi) is 8.58. The van der Waals surface area contributed by atoms with Gasteiger partial charge >= 0.3 is 12.4 Å². The number of ether oxygens (including phenoxy) is 1. The molecule has 15 heteroatoms. The maximum atomic E-state index is 13.6. The van der Waals surface area contributed by atoms with E-state index in [9.17, 15) is 49.1 Å². The number of carbonyl (C=O) groups is 1. The highest BCUT2D eigenvalue weighted by Gasteiger charge is 2.71. The molecule has 216 valence electrons. The van der Waals surface area contributed by atoms with Crippen molar-refractivity contribution in [1.29, 1.82) is 0 Å². The Bertz CT molecular complexity index is 1280. The predicted molar refractivity (Wildman–Crippen MR) is 125 cm³/mol. The summed E-state index contributed by atoms with van der Waals surface area (Å²) in [4.78, 5) is 13.7. The van der Waals surface area contributed by atoms with E-state index >= 15 is 0 Å². The molecule has 0 saturated heterocycles. The number of hydrogen-bond donors (Lipinski definition) is 1. The average molecular weight is 587 g/mol. The summed E-state index contributed by atoms with van der Waals surface area (Å²) in [5.41, 5.74) is -7.22. The second-order valence-corrected chi connectivity index (χ2v) is 10.8. The third kappa shape index (κ3) is 5.84. The second kappa shape index (κ2) is 10.9. The van der Waals surface area contributed by atoms with Crippen LogP contribution in [-0.2, 0) is 31.6 Å². The highest BCUT2D eigenvalue weighted by Crippen LogP contribution is 2.51. The number of fused-ring (bicyclic) bond motifs is 1. The summed E-state index contributed by atoms with van der Waals surface area (Å²) in [7, 11) is -1.70. The van der Waals surface area contributed by atoms with Crippen LogP contribution in [0.2, 0.25) is 0 Å². The van der Waals surface area contributed by atoms with E-state index in [4.69, 9.17) is 4.74 Å². The van der Waals surface area contributed by atoms with Crippen LogP contribution in [0, 0.1) is 5.82 Å². The molecule has 7 nitrogen and oxygen atoms in total. The van der Waals surface area contributed by atoms with Gasteiger partial charge in [-0.1, -0.05) is 12.1 Å². The summed E-state index contributed by atoms with van der Waals surface area (Å²) in [6, 6.07) is 4.11. The molecule has 0 saturated carbocycles. The number of carbonyl (C=O) groups excluding carboxylic acids is 1. The third-order valence-corrected chi connectivity index (χ3v) is 8.35. The van der Waals surface area contributed by atoms with Gasteiger partial charge in [-0.2, -0.15) is 26.3 Å². The van der Waals surface area contributed by atoms with Gasteiger partial charge in [-0.05, 0) is 48.7 Å². The Balaban J connectivity index is 2.14. The number of likely N-dealkylation sites (N-methyl/N-ethyl adjacent to an activating group) is 1. The van der Waals surface area contributed by atoms with Crippen molar-refractivity contribution in [3.63, 3.8) is 0 Å². The van der Waals surface area contributed by atoms with Crippen LogP contribution < -0.4 is 4.31 Å². The number of aryl methyl sites for hydroxylation is 1. The molecule has 1 N–H and O–H groups in total. The summed E-state index contributed by atoms with van der Waals surface area (Å²) >= 11 is 0. The number of aliphatic hydroxyl groups is 1. The fraction of sp³-hybridized carbons (Fsp3) is 0.458. The number of sulfonamides is 1. The average Bonchev–Trinajstić information content (AvgIpc) is 2.84. The molecular weight excluding hydrogens is 561 g/mol. The molecule has 0 aromatic heterocycles. The molecule has 0 spiro atoms. The Morgan fingerprint density at radius 1 is 1.08 bits per heavy atom. The number of amides is 1. The SMILES string of the molecule is COCCN(C)C(=O)C[C@@H]1CCc2cc(C(O)(C(F)(F)F)C(F)(F)F)ccc2N1S(=O)(=O)c1ccc(F)cc1. The van der Waals surface area contributed by atoms with Crippen LogP contribution in [0.5, 0.6) is 0 Å². The van der Waals surface area contributed by atoms with Gasteiger partial charge in [0.1, 0.15) is 5.82 Å². The van der Waals surface area contributed by atoms with Crippen molar-refractivity contribution in [3.05, 3.63) is 59.4 Å². The van der Waals surface area contributed by atoms with Gasteiger partial charge in [0.05, 0.1) is 23.2 Å². The van der Waals surface area contributed by atoms with Crippen LogP contribution in [0.3, 0.4) is 0 Å². The minimum absolute atomic E-state index is 0.142. The van der Waals surface area contributed by atoms with Crippen LogP contribution in [-0.4, -0.2) is 70.0 Å². The maximum Gasteiger partial charge on any atom is 0.430 e. The van der Waals surface area contributed by atoms with Crippen LogP contribution >= 0.6 is 0 Å². The van der Waals surface area contributed by atoms with Crippen molar-refractivity contribution in [2.45, 2.75) is 48.2 Å². The van der Waals surface area contributed by atoms with E-state index < -0.39 is 56.2 Å². The van der Waals surface area contributed by atoms with E-state index in [-0.39, 0.29) is 43.7 Å². The molecule has 1 amide bonds. The Labute approximate surface area is 219 Å². The van der Waals surface area contributed by atoms with Crippen molar-refractivity contribution in [2.75, 3.05) is 31.6 Å². The first kappa shape index (κ1) is 30.6. The molecule has 2 aromatic rings. The van der Waals surface area contributed by atoms with E-state index in [0.717, 1.165) is 34.6 Å². The number of rotatable bonds is 8. The second-order valence-electron chi connectivity index (χ2n) is 9.01. The van der Waals surface area contributed by atoms with Crippen molar-refractivity contribution in [2.24, 2.45) is 0 Å². The van der Waals surface area contributed by atoms with Gasteiger partial charge in [0.25, 0.3) is 15.6 Å². The molecule has 1 atom stereocenters. The standard InChI is InChI=1S/C24H25F7N2O5S/c1-32(11-12-38-2)21(34)14-18-7-3-15-13-16(22(35,23(26,27)28)24(29,30)31)4-10-20(15)33(18)39(36,37)19-8-5-17(25)6-9-19/h4-6,8-10,13,18,35H,3,7,11-12,14H2,1-2H3/t18-/m0/s1. The first-order chi connectivity index (χ1) is 17.9. The summed E-state index contributed by atoms with van der Waals surface area (Å²) in [5.74, 6) is -1.23. The molecule has 3 rings (SSSR count). The molecule has 2 aromatic carbocycles. The molecule has 39 heavy (non-hydrogen) atoms. The fourth-order valence-electron chi connectivity index (χ4n) is 4.29. The lowest BCUT2D eigenvalue weighted by Crippen LogP contribution is -2.54. The monoisotopic (exact) mass is 586 g/mol. The summed E-state index contributed by atoms with van der Waals surface area (Å²) < 4.78 is 127. The van der Waals surface area contributed by atoms with Crippen molar-refractivity contribution in [3.8, 4) is 0 Å². The van der Waals surface area contributed by atoms with Crippen LogP contribution in [0.4, 0.5) is 36.4 Å².